The molecule has 59 valence electrons. The maximum Gasteiger partial charge on any atom is 0.128 e. The van der Waals surface area contributed by atoms with E-state index in [1.54, 1.807) is 0 Å². The zero-order valence-electron chi connectivity index (χ0n) is 6.55. The summed E-state index contributed by atoms with van der Waals surface area (Å²) in [6.45, 7) is 0.510. The first-order chi connectivity index (χ1) is 5.43. The molecule has 1 aliphatic rings. The molecule has 0 amide bonds. The molecule has 0 aromatic carbocycles. The fraction of sp³-hybridized carbons (Fsp3) is 0.667. The smallest absolute Gasteiger partial charge is 0.128 e. The van der Waals surface area contributed by atoms with Crippen LogP contribution in [0.2, 0.25) is 0 Å². The first-order valence-corrected chi connectivity index (χ1v) is 3.94. The van der Waals surface area contributed by atoms with Gasteiger partial charge in [-0.1, -0.05) is 11.6 Å². The fourth-order valence-electron chi connectivity index (χ4n) is 0.799. The first kappa shape index (κ1) is 8.13. The Bertz CT molecular complexity index is 165. The summed E-state index contributed by atoms with van der Waals surface area (Å²) >= 11 is 0. The van der Waals surface area contributed by atoms with Gasteiger partial charge in [-0.25, -0.2) is 0 Å². The van der Waals surface area contributed by atoms with Gasteiger partial charge >= 0.3 is 0 Å². The van der Waals surface area contributed by atoms with Crippen molar-refractivity contribution in [3.63, 3.8) is 0 Å². The van der Waals surface area contributed by atoms with Crippen molar-refractivity contribution < 1.29 is 4.84 Å². The van der Waals surface area contributed by atoms with Gasteiger partial charge in [-0.2, -0.15) is 0 Å². The highest BCUT2D eigenvalue weighted by Crippen LogP contribution is 2.23. The van der Waals surface area contributed by atoms with Crippen molar-refractivity contribution in [3.8, 4) is 12.3 Å². The van der Waals surface area contributed by atoms with Gasteiger partial charge in [0, 0.05) is 12.3 Å². The molecule has 0 saturated heterocycles. The van der Waals surface area contributed by atoms with Crippen molar-refractivity contribution in [1.29, 1.82) is 0 Å². The average Bonchev–Trinajstić information content (AvgIpc) is 1.93. The van der Waals surface area contributed by atoms with Crippen molar-refractivity contribution in [1.82, 2.24) is 0 Å². The summed E-state index contributed by atoms with van der Waals surface area (Å²) in [6.07, 6.45) is 12.3. The molecule has 0 atom stereocenters. The number of hydrogen-bond acceptors (Lipinski definition) is 2. The predicted octanol–water partition coefficient (Wildman–Crippen LogP) is 1.69. The van der Waals surface area contributed by atoms with Gasteiger partial charge in [0.2, 0.25) is 0 Å². The Labute approximate surface area is 67.6 Å². The standard InChI is InChI=1S/C9H12NO/c1-2-3-7-11-10-8-9-5-4-6-9/h1,9H,3-7H2. The minimum Gasteiger partial charge on any atom is -0.395 e. The second-order valence-corrected chi connectivity index (χ2v) is 2.64. The molecule has 2 heteroatoms. The lowest BCUT2D eigenvalue weighted by Gasteiger charge is -2.18. The molecule has 1 rings (SSSR count). The van der Waals surface area contributed by atoms with E-state index in [9.17, 15) is 0 Å². The van der Waals surface area contributed by atoms with Crippen LogP contribution in [-0.4, -0.2) is 12.8 Å². The lowest BCUT2D eigenvalue weighted by Crippen LogP contribution is -2.11. The van der Waals surface area contributed by atoms with Crippen LogP contribution in [0.15, 0.2) is 5.16 Å². The summed E-state index contributed by atoms with van der Waals surface area (Å²) in [5, 5.41) is 3.69. The minimum atomic E-state index is 0.510. The van der Waals surface area contributed by atoms with Gasteiger partial charge in [0.1, 0.15) is 12.8 Å². The van der Waals surface area contributed by atoms with Gasteiger partial charge in [0.15, 0.2) is 0 Å². The molecule has 0 heterocycles. The summed E-state index contributed by atoms with van der Waals surface area (Å²) < 4.78 is 0. The highest BCUT2D eigenvalue weighted by Gasteiger charge is 2.15. The van der Waals surface area contributed by atoms with Gasteiger partial charge in [0.25, 0.3) is 0 Å². The average molecular weight is 150 g/mol. The van der Waals surface area contributed by atoms with E-state index >= 15 is 0 Å². The molecular weight excluding hydrogens is 138 g/mol. The molecule has 0 aromatic rings. The Balaban J connectivity index is 1.93. The van der Waals surface area contributed by atoms with E-state index in [1.165, 1.54) is 19.3 Å². The van der Waals surface area contributed by atoms with Crippen molar-refractivity contribution in [2.45, 2.75) is 25.7 Å². The lowest BCUT2D eigenvalue weighted by atomic mass is 9.87. The van der Waals surface area contributed by atoms with Crippen LogP contribution in [-0.2, 0) is 4.84 Å². The van der Waals surface area contributed by atoms with Crippen LogP contribution in [0.5, 0.6) is 0 Å². The van der Waals surface area contributed by atoms with E-state index in [-0.39, 0.29) is 0 Å². The largest absolute Gasteiger partial charge is 0.395 e. The van der Waals surface area contributed by atoms with E-state index in [1.807, 2.05) is 0 Å². The number of nitrogens with zero attached hydrogens (tertiary/aromatic N) is 1. The fourth-order valence-corrected chi connectivity index (χ4v) is 0.799. The van der Waals surface area contributed by atoms with E-state index in [0.717, 1.165) is 0 Å². The number of rotatable bonds is 4. The zero-order valence-corrected chi connectivity index (χ0v) is 6.55. The van der Waals surface area contributed by atoms with Crippen LogP contribution in [0.4, 0.5) is 0 Å². The predicted molar refractivity (Wildman–Crippen MR) is 44.2 cm³/mol. The van der Waals surface area contributed by atoms with E-state index < -0.39 is 0 Å². The van der Waals surface area contributed by atoms with E-state index in [0.29, 0.717) is 18.9 Å². The maximum absolute atomic E-state index is 5.02. The summed E-state index contributed by atoms with van der Waals surface area (Å²) in [5.74, 6) is 3.01. The molecule has 0 aromatic heterocycles. The van der Waals surface area contributed by atoms with Crippen LogP contribution < -0.4 is 0 Å². The normalized spacial score (nSPS) is 17.7. The Hall–Kier alpha value is -0.970. The SMILES string of the molecule is C#CCCO/N=[C]/C1CCC1. The Morgan fingerprint density at radius 2 is 2.36 bits per heavy atom. The van der Waals surface area contributed by atoms with Crippen molar-refractivity contribution >= 4 is 6.21 Å². The Kier molecular flexibility index (Phi) is 3.54. The third kappa shape index (κ3) is 3.08. The molecule has 0 aliphatic heterocycles. The van der Waals surface area contributed by atoms with Crippen molar-refractivity contribution in [2.24, 2.45) is 11.1 Å². The molecule has 11 heavy (non-hydrogen) atoms. The second-order valence-electron chi connectivity index (χ2n) is 2.64. The highest BCUT2D eigenvalue weighted by atomic mass is 16.6. The molecule has 0 N–H and O–H groups in total. The van der Waals surface area contributed by atoms with Crippen LogP contribution >= 0.6 is 0 Å². The van der Waals surface area contributed by atoms with Gasteiger partial charge in [-0.05, 0) is 12.8 Å². The summed E-state index contributed by atoms with van der Waals surface area (Å²) in [6, 6.07) is 0. The molecule has 1 aliphatic carbocycles. The monoisotopic (exact) mass is 150 g/mol. The third-order valence-electron chi connectivity index (χ3n) is 1.74. The van der Waals surface area contributed by atoms with Crippen molar-refractivity contribution in [3.05, 3.63) is 0 Å². The topological polar surface area (TPSA) is 21.6 Å². The first-order valence-electron chi connectivity index (χ1n) is 3.94. The van der Waals surface area contributed by atoms with Crippen LogP contribution in [0, 0.1) is 18.3 Å². The summed E-state index contributed by atoms with van der Waals surface area (Å²) in [4.78, 5) is 4.85. The lowest BCUT2D eigenvalue weighted by molar-refractivity contribution is 0.149. The van der Waals surface area contributed by atoms with Crippen LogP contribution in [0.1, 0.15) is 25.7 Å². The summed E-state index contributed by atoms with van der Waals surface area (Å²) in [5.41, 5.74) is 0. The number of terminal acetylenes is 1. The van der Waals surface area contributed by atoms with Gasteiger partial charge in [0.05, 0.1) is 0 Å². The zero-order chi connectivity index (χ0) is 7.94. The molecule has 2 nitrogen and oxygen atoms in total. The van der Waals surface area contributed by atoms with E-state index in [4.69, 9.17) is 11.3 Å². The minimum absolute atomic E-state index is 0.510. The molecule has 1 saturated carbocycles. The quantitative estimate of drug-likeness (QED) is 0.258. The van der Waals surface area contributed by atoms with Gasteiger partial charge < -0.3 is 4.84 Å². The third-order valence-corrected chi connectivity index (χ3v) is 1.74. The number of hydrogen-bond donors (Lipinski definition) is 0. The Morgan fingerprint density at radius 3 is 2.91 bits per heavy atom. The van der Waals surface area contributed by atoms with Crippen molar-refractivity contribution in [2.75, 3.05) is 6.61 Å². The maximum atomic E-state index is 5.02. The van der Waals surface area contributed by atoms with Crippen LogP contribution in [0.25, 0.3) is 0 Å². The molecule has 0 spiro atoms. The highest BCUT2D eigenvalue weighted by molar-refractivity contribution is 5.60. The van der Waals surface area contributed by atoms with Gasteiger partial charge in [-0.3, -0.25) is 0 Å². The van der Waals surface area contributed by atoms with Crippen LogP contribution in [0.3, 0.4) is 0 Å². The molecule has 1 radical (unpaired) electrons. The summed E-state index contributed by atoms with van der Waals surface area (Å²) in [7, 11) is 0. The Morgan fingerprint density at radius 1 is 1.55 bits per heavy atom. The van der Waals surface area contributed by atoms with E-state index in [2.05, 4.69) is 17.3 Å². The molecule has 0 unspecified atom stereocenters. The molecular formula is C9H12NO. The molecule has 1 fully saturated rings. The molecule has 0 bridgehead atoms. The van der Waals surface area contributed by atoms with Gasteiger partial charge in [-0.15, -0.1) is 12.3 Å². The second kappa shape index (κ2) is 4.79.